The largest absolute Gasteiger partial charge is 0.0616 e. The third kappa shape index (κ3) is 11.2. The van der Waals surface area contributed by atoms with E-state index in [0.29, 0.717) is 0 Å². The molecule has 0 unspecified atom stereocenters. The van der Waals surface area contributed by atoms with Crippen molar-refractivity contribution in [3.8, 4) is 89.0 Å². The molecule has 0 saturated heterocycles. The van der Waals surface area contributed by atoms with Gasteiger partial charge in [0.15, 0.2) is 0 Å². The van der Waals surface area contributed by atoms with E-state index in [1.165, 1.54) is 240 Å². The first-order valence-electron chi connectivity index (χ1n) is 40.3. The molecule has 0 nitrogen and oxygen atoms in total. The fraction of sp³-hybridized carbons (Fsp3) is 0. The lowest BCUT2D eigenvalue weighted by Gasteiger charge is -2.19. The predicted molar refractivity (Wildman–Crippen MR) is 501 cm³/mol. The molecule has 0 saturated carbocycles. The van der Waals surface area contributed by atoms with Gasteiger partial charge in [-0.3, -0.25) is 0 Å². The summed E-state index contributed by atoms with van der Waals surface area (Å²) in [5.74, 6) is 0. The van der Waals surface area contributed by atoms with E-state index in [9.17, 15) is 0 Å². The highest BCUT2D eigenvalue weighted by molar-refractivity contribution is 6.30. The van der Waals surface area contributed by atoms with E-state index < -0.39 is 0 Å². The Kier molecular flexibility index (Phi) is 15.7. The standard InChI is InChI=1S/2C58H36/c1-2-13-39-32-42(27-24-37(39)12-1)40-14-11-15-41(33-40)43-28-25-38-26-29-44(35-46(38)34-43)57-52-20-7-9-22-54(52)58(55-23-10-8-21-53(55)57)45-30-31-51-49-18-4-3-16-47(49)48-17-5-6-19-50(48)56(51)36-45;1-2-12-41-33-42(28-25-37(41)11-1)38-21-23-39(24-22-38)43-29-26-40-27-30-44(35-46(40)34-43)57-52-17-7-9-19-54(52)58(55-20-10-8-18-53(55)57)45-31-32-51-49-15-4-3-13-47(49)48-14-5-6-16-50(48)56(51)36-45/h2*1-36H. The van der Waals surface area contributed by atoms with Crippen molar-refractivity contribution < 1.29 is 0 Å². The summed E-state index contributed by atoms with van der Waals surface area (Å²) >= 11 is 0. The van der Waals surface area contributed by atoms with Gasteiger partial charge in [-0.15, -0.1) is 0 Å². The Morgan fingerprint density at radius 2 is 0.259 bits per heavy atom. The van der Waals surface area contributed by atoms with Gasteiger partial charge < -0.3 is 0 Å². The van der Waals surface area contributed by atoms with E-state index in [1.807, 2.05) is 0 Å². The Morgan fingerprint density at radius 3 is 0.560 bits per heavy atom. The van der Waals surface area contributed by atoms with Crippen LogP contribution in [-0.2, 0) is 0 Å². The quantitative estimate of drug-likeness (QED) is 0.105. The SMILES string of the molecule is c1cc(-c2ccc3ccccc3c2)cc(-c2ccc3ccc(-c4c5ccccc5c(-c5ccc6c7ccccc7c7ccccc7c6c5)c5ccccc45)cc3c2)c1.c1ccc2cc(-c3ccc(-c4ccc5ccc(-c6c7ccccc7c(-c7ccc8c9ccccc9c9ccccc9c8c7)c7ccccc67)cc5c4)cc3)ccc2c1. The van der Waals surface area contributed by atoms with E-state index in [0.717, 1.165) is 0 Å². The zero-order chi connectivity index (χ0) is 76.3. The lowest BCUT2D eigenvalue weighted by atomic mass is 9.84. The Bertz CT molecular complexity index is 8010. The van der Waals surface area contributed by atoms with Crippen molar-refractivity contribution in [3.05, 3.63) is 437 Å². The predicted octanol–water partition coefficient (Wildman–Crippen LogP) is 32.9. The highest BCUT2D eigenvalue weighted by Crippen LogP contribution is 2.50. The summed E-state index contributed by atoms with van der Waals surface area (Å²) in [6, 6.07) is 162. The Morgan fingerprint density at radius 1 is 0.0776 bits per heavy atom. The maximum atomic E-state index is 2.44. The van der Waals surface area contributed by atoms with E-state index >= 15 is 0 Å². The molecule has 0 heteroatoms. The molecule has 0 aromatic heterocycles. The minimum atomic E-state index is 1.22. The molecule has 536 valence electrons. The maximum Gasteiger partial charge on any atom is -0.00261 e. The van der Waals surface area contributed by atoms with Crippen LogP contribution in [0.25, 0.3) is 240 Å². The fourth-order valence-electron chi connectivity index (χ4n) is 19.3. The molecule has 24 aromatic carbocycles. The Balaban J connectivity index is 0.000000137. The van der Waals surface area contributed by atoms with Crippen LogP contribution in [0.15, 0.2) is 437 Å². The molecule has 24 rings (SSSR count). The topological polar surface area (TPSA) is 0 Å². The van der Waals surface area contributed by atoms with E-state index in [4.69, 9.17) is 0 Å². The first-order valence-corrected chi connectivity index (χ1v) is 40.3. The van der Waals surface area contributed by atoms with Gasteiger partial charge in [0.05, 0.1) is 0 Å². The number of fused-ring (bicyclic) bond motifs is 20. The summed E-state index contributed by atoms with van der Waals surface area (Å²) in [4.78, 5) is 0. The maximum absolute atomic E-state index is 2.44. The van der Waals surface area contributed by atoms with E-state index in [-0.39, 0.29) is 0 Å². The third-order valence-corrected chi connectivity index (χ3v) is 24.8. The first kappa shape index (κ1) is 66.7. The molecule has 0 spiro atoms. The second-order valence-electron chi connectivity index (χ2n) is 31.2. The van der Waals surface area contributed by atoms with E-state index in [2.05, 4.69) is 437 Å². The van der Waals surface area contributed by atoms with Crippen LogP contribution in [0.4, 0.5) is 0 Å². The van der Waals surface area contributed by atoms with Crippen LogP contribution in [0, 0.1) is 0 Å². The Labute approximate surface area is 671 Å². The zero-order valence-corrected chi connectivity index (χ0v) is 63.6. The molecule has 0 bridgehead atoms. The van der Waals surface area contributed by atoms with E-state index in [1.54, 1.807) is 0 Å². The number of hydrogen-bond donors (Lipinski definition) is 0. The van der Waals surface area contributed by atoms with Gasteiger partial charge in [-0.05, 0) is 294 Å². The average Bonchev–Trinajstić information content (AvgIpc) is 0.727. The fourth-order valence-corrected chi connectivity index (χ4v) is 19.3. The molecule has 0 aliphatic rings. The molecule has 0 radical (unpaired) electrons. The summed E-state index contributed by atoms with van der Waals surface area (Å²) in [6.07, 6.45) is 0. The highest BCUT2D eigenvalue weighted by atomic mass is 14.3. The molecule has 24 aromatic rings. The average molecular weight is 1470 g/mol. The molecular formula is C116H72. The second kappa shape index (κ2) is 27.4. The summed E-state index contributed by atoms with van der Waals surface area (Å²) in [5, 5.41) is 35.6. The van der Waals surface area contributed by atoms with Crippen LogP contribution in [0.2, 0.25) is 0 Å². The Hall–Kier alpha value is -15.1. The van der Waals surface area contributed by atoms with Crippen LogP contribution >= 0.6 is 0 Å². The molecule has 0 amide bonds. The molecule has 0 fully saturated rings. The molecule has 0 aliphatic carbocycles. The normalized spacial score (nSPS) is 11.8. The van der Waals surface area contributed by atoms with Gasteiger partial charge in [0.25, 0.3) is 0 Å². The van der Waals surface area contributed by atoms with Crippen LogP contribution < -0.4 is 0 Å². The number of hydrogen-bond acceptors (Lipinski definition) is 0. The van der Waals surface area contributed by atoms with Gasteiger partial charge >= 0.3 is 0 Å². The minimum Gasteiger partial charge on any atom is -0.0616 e. The molecular weight excluding hydrogens is 1390 g/mol. The summed E-state index contributed by atoms with van der Waals surface area (Å²) in [7, 11) is 0. The van der Waals surface area contributed by atoms with Crippen LogP contribution in [0.5, 0.6) is 0 Å². The second-order valence-corrected chi connectivity index (χ2v) is 31.2. The van der Waals surface area contributed by atoms with Crippen molar-refractivity contribution in [1.29, 1.82) is 0 Å². The van der Waals surface area contributed by atoms with Crippen molar-refractivity contribution in [2.45, 2.75) is 0 Å². The monoisotopic (exact) mass is 1460 g/mol. The molecule has 0 N–H and O–H groups in total. The van der Waals surface area contributed by atoms with Gasteiger partial charge in [0, 0.05) is 0 Å². The summed E-state index contributed by atoms with van der Waals surface area (Å²) < 4.78 is 0. The molecule has 116 heavy (non-hydrogen) atoms. The van der Waals surface area contributed by atoms with Gasteiger partial charge in [-0.25, -0.2) is 0 Å². The number of benzene rings is 24. The van der Waals surface area contributed by atoms with Crippen LogP contribution in [0.3, 0.4) is 0 Å². The van der Waals surface area contributed by atoms with Crippen molar-refractivity contribution in [3.63, 3.8) is 0 Å². The van der Waals surface area contributed by atoms with Crippen molar-refractivity contribution >= 4 is 151 Å². The third-order valence-electron chi connectivity index (χ3n) is 24.8. The van der Waals surface area contributed by atoms with Gasteiger partial charge in [0.1, 0.15) is 0 Å². The van der Waals surface area contributed by atoms with Crippen molar-refractivity contribution in [1.82, 2.24) is 0 Å². The van der Waals surface area contributed by atoms with Crippen molar-refractivity contribution in [2.75, 3.05) is 0 Å². The highest BCUT2D eigenvalue weighted by Gasteiger charge is 2.22. The minimum absolute atomic E-state index is 1.22. The summed E-state index contributed by atoms with van der Waals surface area (Å²) in [5.41, 5.74) is 19.8. The van der Waals surface area contributed by atoms with Gasteiger partial charge in [0.2, 0.25) is 0 Å². The lowest BCUT2D eigenvalue weighted by Crippen LogP contribution is -1.91. The first-order chi connectivity index (χ1) is 57.5. The lowest BCUT2D eigenvalue weighted by molar-refractivity contribution is 1.61. The molecule has 0 heterocycles. The number of rotatable bonds is 8. The van der Waals surface area contributed by atoms with Crippen molar-refractivity contribution in [2.24, 2.45) is 0 Å². The molecule has 0 atom stereocenters. The smallest absolute Gasteiger partial charge is 0.00261 e. The summed E-state index contributed by atoms with van der Waals surface area (Å²) in [6.45, 7) is 0. The van der Waals surface area contributed by atoms with Crippen LogP contribution in [-0.4, -0.2) is 0 Å². The molecule has 0 aliphatic heterocycles. The van der Waals surface area contributed by atoms with Crippen LogP contribution in [0.1, 0.15) is 0 Å². The van der Waals surface area contributed by atoms with Gasteiger partial charge in [-0.2, -0.15) is 0 Å². The van der Waals surface area contributed by atoms with Gasteiger partial charge in [-0.1, -0.05) is 382 Å². The zero-order valence-electron chi connectivity index (χ0n) is 63.6.